The molecule has 1 aromatic rings. The molecule has 2 N–H and O–H groups in total. The number of nitrogens with one attached hydrogen (secondary N) is 1. The number of nitrogens with zero attached hydrogens (tertiary/aromatic N) is 1. The number of carboxylic acids is 1. The zero-order valence-electron chi connectivity index (χ0n) is 10.7. The number of benzene rings is 1. The van der Waals surface area contributed by atoms with Gasteiger partial charge in [-0.15, -0.1) is 0 Å². The number of urea groups is 1. The highest BCUT2D eigenvalue weighted by Crippen LogP contribution is 2.17. The fourth-order valence-corrected chi connectivity index (χ4v) is 1.85. The molecule has 1 saturated heterocycles. The van der Waals surface area contributed by atoms with E-state index >= 15 is 0 Å². The lowest BCUT2D eigenvalue weighted by Crippen LogP contribution is -2.43. The van der Waals surface area contributed by atoms with Gasteiger partial charge in [-0.05, 0) is 24.6 Å². The summed E-state index contributed by atoms with van der Waals surface area (Å²) in [6.07, 6.45) is 0. The van der Waals surface area contributed by atoms with E-state index in [0.29, 0.717) is 32.0 Å². The number of rotatable bonds is 2. The third-order valence-electron chi connectivity index (χ3n) is 3.02. The van der Waals surface area contributed by atoms with E-state index in [0.717, 1.165) is 5.56 Å². The number of aryl methyl sites for hydroxylation is 1. The second-order valence-corrected chi connectivity index (χ2v) is 4.36. The third kappa shape index (κ3) is 3.23. The maximum absolute atomic E-state index is 12.0. The van der Waals surface area contributed by atoms with Gasteiger partial charge < -0.3 is 20.1 Å². The molecule has 2 rings (SSSR count). The van der Waals surface area contributed by atoms with Gasteiger partial charge in [0.15, 0.2) is 0 Å². The van der Waals surface area contributed by atoms with Crippen LogP contribution in [0.25, 0.3) is 0 Å². The average Bonchev–Trinajstić information content (AvgIpc) is 2.42. The van der Waals surface area contributed by atoms with Crippen molar-refractivity contribution < 1.29 is 19.4 Å². The van der Waals surface area contributed by atoms with Crippen LogP contribution in [-0.2, 0) is 4.74 Å². The number of carbonyl (C=O) groups is 2. The minimum Gasteiger partial charge on any atom is -0.478 e. The molecule has 102 valence electrons. The van der Waals surface area contributed by atoms with E-state index in [-0.39, 0.29) is 11.6 Å². The SMILES string of the molecule is Cc1ccc(C(=O)O)cc1NC(=O)N1CCOCC1. The monoisotopic (exact) mass is 264 g/mol. The molecular formula is C13H16N2O4. The number of morpholine rings is 1. The lowest BCUT2D eigenvalue weighted by Gasteiger charge is -2.27. The zero-order valence-corrected chi connectivity index (χ0v) is 10.7. The van der Waals surface area contributed by atoms with Crippen LogP contribution in [0.1, 0.15) is 15.9 Å². The molecule has 1 heterocycles. The lowest BCUT2D eigenvalue weighted by molar-refractivity contribution is 0.0564. The second-order valence-electron chi connectivity index (χ2n) is 4.36. The molecule has 19 heavy (non-hydrogen) atoms. The molecule has 1 aliphatic heterocycles. The predicted molar refractivity (Wildman–Crippen MR) is 69.5 cm³/mol. The van der Waals surface area contributed by atoms with Crippen molar-refractivity contribution in [1.82, 2.24) is 4.90 Å². The first kappa shape index (κ1) is 13.4. The van der Waals surface area contributed by atoms with Crippen LogP contribution in [-0.4, -0.2) is 48.3 Å². The van der Waals surface area contributed by atoms with Crippen molar-refractivity contribution in [3.63, 3.8) is 0 Å². The first-order valence-electron chi connectivity index (χ1n) is 6.05. The summed E-state index contributed by atoms with van der Waals surface area (Å²) in [5.41, 5.74) is 1.51. The summed E-state index contributed by atoms with van der Waals surface area (Å²) >= 11 is 0. The summed E-state index contributed by atoms with van der Waals surface area (Å²) in [6, 6.07) is 4.44. The van der Waals surface area contributed by atoms with E-state index in [4.69, 9.17) is 9.84 Å². The van der Waals surface area contributed by atoms with Crippen molar-refractivity contribution in [3.8, 4) is 0 Å². The maximum Gasteiger partial charge on any atom is 0.335 e. The first-order chi connectivity index (χ1) is 9.08. The number of ether oxygens (including phenoxy) is 1. The average molecular weight is 264 g/mol. The highest BCUT2D eigenvalue weighted by Gasteiger charge is 2.17. The smallest absolute Gasteiger partial charge is 0.335 e. The van der Waals surface area contributed by atoms with E-state index in [1.807, 2.05) is 6.92 Å². The van der Waals surface area contributed by atoms with Gasteiger partial charge in [-0.3, -0.25) is 0 Å². The summed E-state index contributed by atoms with van der Waals surface area (Å²) in [6.45, 7) is 3.97. The highest BCUT2D eigenvalue weighted by atomic mass is 16.5. The van der Waals surface area contributed by atoms with Crippen molar-refractivity contribution in [2.75, 3.05) is 31.6 Å². The van der Waals surface area contributed by atoms with Crippen molar-refractivity contribution >= 4 is 17.7 Å². The number of hydrogen-bond donors (Lipinski definition) is 2. The zero-order chi connectivity index (χ0) is 13.8. The molecule has 0 aliphatic carbocycles. The molecule has 1 fully saturated rings. The quantitative estimate of drug-likeness (QED) is 0.849. The van der Waals surface area contributed by atoms with Gasteiger partial charge in [-0.25, -0.2) is 9.59 Å². The topological polar surface area (TPSA) is 78.9 Å². The number of carbonyl (C=O) groups excluding carboxylic acids is 1. The molecule has 1 aliphatic rings. The van der Waals surface area contributed by atoms with Crippen LogP contribution in [0.3, 0.4) is 0 Å². The number of aromatic carboxylic acids is 1. The minimum absolute atomic E-state index is 0.155. The Hall–Kier alpha value is -2.08. The van der Waals surface area contributed by atoms with Crippen molar-refractivity contribution in [2.24, 2.45) is 0 Å². The van der Waals surface area contributed by atoms with Crippen LogP contribution >= 0.6 is 0 Å². The van der Waals surface area contributed by atoms with E-state index < -0.39 is 5.97 Å². The van der Waals surface area contributed by atoms with E-state index in [2.05, 4.69) is 5.32 Å². The molecule has 2 amide bonds. The van der Waals surface area contributed by atoms with Crippen LogP contribution in [0.2, 0.25) is 0 Å². The Morgan fingerprint density at radius 2 is 2.00 bits per heavy atom. The number of hydrogen-bond acceptors (Lipinski definition) is 3. The molecule has 0 radical (unpaired) electrons. The molecule has 0 saturated carbocycles. The van der Waals surface area contributed by atoms with Gasteiger partial charge in [0.2, 0.25) is 0 Å². The number of amides is 2. The summed E-state index contributed by atoms with van der Waals surface area (Å²) in [5.74, 6) is -1.01. The van der Waals surface area contributed by atoms with Gasteiger partial charge in [0.05, 0.1) is 18.8 Å². The van der Waals surface area contributed by atoms with E-state index in [1.165, 1.54) is 12.1 Å². The summed E-state index contributed by atoms with van der Waals surface area (Å²) in [5, 5.41) is 11.7. The van der Waals surface area contributed by atoms with Crippen LogP contribution in [0.15, 0.2) is 18.2 Å². The Bertz CT molecular complexity index is 495. The molecule has 1 aromatic carbocycles. The third-order valence-corrected chi connectivity index (χ3v) is 3.02. The molecular weight excluding hydrogens is 248 g/mol. The largest absolute Gasteiger partial charge is 0.478 e. The molecule has 0 atom stereocenters. The van der Waals surface area contributed by atoms with Crippen molar-refractivity contribution in [1.29, 1.82) is 0 Å². The molecule has 0 unspecified atom stereocenters. The number of carboxylic acid groups (broad SMARTS) is 1. The molecule has 0 bridgehead atoms. The summed E-state index contributed by atoms with van der Waals surface area (Å²) in [4.78, 5) is 24.6. The molecule has 6 heteroatoms. The van der Waals surface area contributed by atoms with Gasteiger partial charge in [0, 0.05) is 18.8 Å². The van der Waals surface area contributed by atoms with Crippen molar-refractivity contribution in [2.45, 2.75) is 6.92 Å². The normalized spacial score (nSPS) is 15.1. The van der Waals surface area contributed by atoms with Gasteiger partial charge in [-0.2, -0.15) is 0 Å². The summed E-state index contributed by atoms with van der Waals surface area (Å²) in [7, 11) is 0. The first-order valence-corrected chi connectivity index (χ1v) is 6.05. The van der Waals surface area contributed by atoms with Crippen LogP contribution < -0.4 is 5.32 Å². The van der Waals surface area contributed by atoms with Crippen molar-refractivity contribution in [3.05, 3.63) is 29.3 Å². The summed E-state index contributed by atoms with van der Waals surface area (Å²) < 4.78 is 5.17. The van der Waals surface area contributed by atoms with Crippen LogP contribution in [0, 0.1) is 6.92 Å². The van der Waals surface area contributed by atoms with Gasteiger partial charge in [0.25, 0.3) is 0 Å². The fourth-order valence-electron chi connectivity index (χ4n) is 1.85. The van der Waals surface area contributed by atoms with Crippen LogP contribution in [0.5, 0.6) is 0 Å². The van der Waals surface area contributed by atoms with E-state index in [9.17, 15) is 9.59 Å². The predicted octanol–water partition coefficient (Wildman–Crippen LogP) is 1.56. The van der Waals surface area contributed by atoms with Gasteiger partial charge in [0.1, 0.15) is 0 Å². The minimum atomic E-state index is -1.01. The van der Waals surface area contributed by atoms with Gasteiger partial charge >= 0.3 is 12.0 Å². The Morgan fingerprint density at radius 3 is 2.63 bits per heavy atom. The fraction of sp³-hybridized carbons (Fsp3) is 0.385. The Kier molecular flexibility index (Phi) is 4.01. The standard InChI is InChI=1S/C13H16N2O4/c1-9-2-3-10(12(16)17)8-11(9)14-13(18)15-4-6-19-7-5-15/h2-3,8H,4-7H2,1H3,(H,14,18)(H,16,17). The highest BCUT2D eigenvalue weighted by molar-refractivity contribution is 5.94. The Labute approximate surface area is 111 Å². The lowest BCUT2D eigenvalue weighted by atomic mass is 10.1. The molecule has 0 spiro atoms. The van der Waals surface area contributed by atoms with E-state index in [1.54, 1.807) is 11.0 Å². The van der Waals surface area contributed by atoms with Gasteiger partial charge in [-0.1, -0.05) is 6.07 Å². The maximum atomic E-state index is 12.0. The molecule has 6 nitrogen and oxygen atoms in total. The molecule has 0 aromatic heterocycles. The van der Waals surface area contributed by atoms with Crippen LogP contribution in [0.4, 0.5) is 10.5 Å². The Morgan fingerprint density at radius 1 is 1.32 bits per heavy atom. The second kappa shape index (κ2) is 5.71. The Balaban J connectivity index is 2.11. The number of anilines is 1.